The van der Waals surface area contributed by atoms with Crippen molar-refractivity contribution in [2.24, 2.45) is 7.05 Å². The lowest BCUT2D eigenvalue weighted by Gasteiger charge is -2.36. The Bertz CT molecular complexity index is 740. The van der Waals surface area contributed by atoms with Crippen LogP contribution in [-0.4, -0.2) is 30.0 Å². The van der Waals surface area contributed by atoms with E-state index in [9.17, 15) is 0 Å². The van der Waals surface area contributed by atoms with Crippen LogP contribution in [0.25, 0.3) is 10.9 Å². The van der Waals surface area contributed by atoms with Gasteiger partial charge in [-0.1, -0.05) is 19.8 Å². The predicted molar refractivity (Wildman–Crippen MR) is 99.0 cm³/mol. The molecular formula is C19H28BNO3. The number of aryl methyl sites for hydroxylation is 1. The van der Waals surface area contributed by atoms with E-state index in [1.807, 2.05) is 6.07 Å². The molecule has 0 spiro atoms. The van der Waals surface area contributed by atoms with Crippen molar-refractivity contribution in [3.8, 4) is 5.75 Å². The van der Waals surface area contributed by atoms with E-state index < -0.39 is 0 Å². The van der Waals surface area contributed by atoms with Crippen molar-refractivity contribution in [2.75, 3.05) is 7.11 Å². The second-order valence-corrected chi connectivity index (χ2v) is 7.49. The molecule has 0 N–H and O–H groups in total. The standard InChI is InChI=1S/C19H28BNO3/c1-7-8-11-19(4)18(2,3)23-20(24-19)16-13-21(5)17-10-9-14(22-6)12-15(16)17/h9-10,12-13H,7-8,11H2,1-6H3. The van der Waals surface area contributed by atoms with Crippen molar-refractivity contribution in [3.63, 3.8) is 0 Å². The summed E-state index contributed by atoms with van der Waals surface area (Å²) < 4.78 is 20.3. The minimum atomic E-state index is -0.349. The Morgan fingerprint density at radius 1 is 1.21 bits per heavy atom. The van der Waals surface area contributed by atoms with Crippen LogP contribution in [0.15, 0.2) is 24.4 Å². The monoisotopic (exact) mass is 329 g/mol. The highest BCUT2D eigenvalue weighted by Crippen LogP contribution is 2.41. The van der Waals surface area contributed by atoms with Crippen molar-refractivity contribution in [3.05, 3.63) is 24.4 Å². The van der Waals surface area contributed by atoms with Crippen LogP contribution in [0.4, 0.5) is 0 Å². The fraction of sp³-hybridized carbons (Fsp3) is 0.579. The SMILES string of the molecule is CCCCC1(C)OB(c2cn(C)c3ccc(OC)cc23)OC1(C)C. The van der Waals surface area contributed by atoms with Crippen molar-refractivity contribution in [2.45, 2.75) is 58.2 Å². The summed E-state index contributed by atoms with van der Waals surface area (Å²) in [4.78, 5) is 0. The Labute approximate surface area is 145 Å². The van der Waals surface area contributed by atoms with Gasteiger partial charge in [-0.05, 0) is 45.4 Å². The van der Waals surface area contributed by atoms with Crippen molar-refractivity contribution >= 4 is 23.5 Å². The molecule has 4 nitrogen and oxygen atoms in total. The number of ether oxygens (including phenoxy) is 1. The van der Waals surface area contributed by atoms with Gasteiger partial charge in [0.1, 0.15) is 5.75 Å². The molecule has 1 aliphatic heterocycles. The zero-order chi connectivity index (χ0) is 17.5. The topological polar surface area (TPSA) is 32.6 Å². The Morgan fingerprint density at radius 3 is 2.62 bits per heavy atom. The van der Waals surface area contributed by atoms with Gasteiger partial charge in [-0.15, -0.1) is 0 Å². The van der Waals surface area contributed by atoms with E-state index in [1.165, 1.54) is 0 Å². The third-order valence-corrected chi connectivity index (χ3v) is 5.53. The fourth-order valence-electron chi connectivity index (χ4n) is 3.51. The fourth-order valence-corrected chi connectivity index (χ4v) is 3.51. The Kier molecular flexibility index (Phi) is 4.43. The third kappa shape index (κ3) is 2.74. The highest BCUT2D eigenvalue weighted by Gasteiger charge is 2.54. The predicted octanol–water partition coefficient (Wildman–Crippen LogP) is 3.66. The first-order valence-electron chi connectivity index (χ1n) is 8.80. The molecule has 3 rings (SSSR count). The summed E-state index contributed by atoms with van der Waals surface area (Å²) in [6.07, 6.45) is 5.40. The average Bonchev–Trinajstić information content (AvgIpc) is 2.99. The number of aromatic nitrogens is 1. The van der Waals surface area contributed by atoms with E-state index in [1.54, 1.807) is 7.11 Å². The molecule has 0 aliphatic carbocycles. The molecule has 24 heavy (non-hydrogen) atoms. The van der Waals surface area contributed by atoms with Crippen molar-refractivity contribution in [1.29, 1.82) is 0 Å². The van der Waals surface area contributed by atoms with Gasteiger partial charge in [0, 0.05) is 29.6 Å². The van der Waals surface area contributed by atoms with Gasteiger partial charge in [0.2, 0.25) is 0 Å². The van der Waals surface area contributed by atoms with Crippen LogP contribution < -0.4 is 10.2 Å². The van der Waals surface area contributed by atoms with Gasteiger partial charge in [-0.2, -0.15) is 0 Å². The van der Waals surface area contributed by atoms with E-state index in [4.69, 9.17) is 14.0 Å². The quantitative estimate of drug-likeness (QED) is 0.785. The number of hydrogen-bond acceptors (Lipinski definition) is 3. The zero-order valence-electron chi connectivity index (χ0n) is 15.7. The Hall–Kier alpha value is -1.46. The summed E-state index contributed by atoms with van der Waals surface area (Å²) in [6, 6.07) is 6.12. The molecule has 1 aromatic carbocycles. The van der Waals surface area contributed by atoms with Crippen LogP contribution >= 0.6 is 0 Å². The first kappa shape index (κ1) is 17.4. The van der Waals surface area contributed by atoms with Crippen LogP contribution in [0, 0.1) is 0 Å². The molecule has 1 aliphatic rings. The van der Waals surface area contributed by atoms with Crippen LogP contribution in [0.2, 0.25) is 0 Å². The lowest BCUT2D eigenvalue weighted by Crippen LogP contribution is -2.44. The number of fused-ring (bicyclic) bond motifs is 1. The largest absolute Gasteiger partial charge is 0.497 e. The molecule has 0 saturated carbocycles. The van der Waals surface area contributed by atoms with Crippen LogP contribution in [-0.2, 0) is 16.4 Å². The van der Waals surface area contributed by atoms with Crippen molar-refractivity contribution in [1.82, 2.24) is 4.57 Å². The molecule has 1 saturated heterocycles. The first-order valence-corrected chi connectivity index (χ1v) is 8.80. The molecule has 0 amide bonds. The van der Waals surface area contributed by atoms with Gasteiger partial charge >= 0.3 is 7.12 Å². The van der Waals surface area contributed by atoms with E-state index in [-0.39, 0.29) is 18.3 Å². The molecule has 1 fully saturated rings. The molecule has 1 atom stereocenters. The average molecular weight is 329 g/mol. The zero-order valence-corrected chi connectivity index (χ0v) is 15.7. The maximum atomic E-state index is 6.47. The van der Waals surface area contributed by atoms with Gasteiger partial charge in [-0.3, -0.25) is 0 Å². The second-order valence-electron chi connectivity index (χ2n) is 7.49. The van der Waals surface area contributed by atoms with E-state index in [2.05, 4.69) is 57.6 Å². The summed E-state index contributed by atoms with van der Waals surface area (Å²) in [5.41, 5.74) is 1.61. The molecule has 130 valence electrons. The highest BCUT2D eigenvalue weighted by atomic mass is 16.7. The van der Waals surface area contributed by atoms with Crippen LogP contribution in [0.1, 0.15) is 47.0 Å². The van der Waals surface area contributed by atoms with Crippen LogP contribution in [0.5, 0.6) is 5.75 Å². The lowest BCUT2D eigenvalue weighted by molar-refractivity contribution is -0.0169. The summed E-state index contributed by atoms with van der Waals surface area (Å²) in [5, 5.41) is 1.12. The van der Waals surface area contributed by atoms with E-state index >= 15 is 0 Å². The number of methoxy groups -OCH3 is 1. The van der Waals surface area contributed by atoms with Gasteiger partial charge in [0.05, 0.1) is 18.3 Å². The third-order valence-electron chi connectivity index (χ3n) is 5.53. The molecule has 2 heterocycles. The molecule has 0 bridgehead atoms. The summed E-state index contributed by atoms with van der Waals surface area (Å²) in [5.74, 6) is 0.848. The summed E-state index contributed by atoms with van der Waals surface area (Å²) in [7, 11) is 3.39. The molecular weight excluding hydrogens is 301 g/mol. The second kappa shape index (κ2) is 6.12. The number of benzene rings is 1. The minimum Gasteiger partial charge on any atom is -0.497 e. The molecule has 2 aromatic rings. The Morgan fingerprint density at radius 2 is 1.96 bits per heavy atom. The lowest BCUT2D eigenvalue weighted by atomic mass is 9.79. The number of rotatable bonds is 5. The molecule has 0 radical (unpaired) electrons. The normalized spacial score (nSPS) is 23.2. The van der Waals surface area contributed by atoms with Gasteiger partial charge in [0.25, 0.3) is 0 Å². The summed E-state index contributed by atoms with van der Waals surface area (Å²) >= 11 is 0. The van der Waals surface area contributed by atoms with Gasteiger partial charge in [-0.25, -0.2) is 0 Å². The Balaban J connectivity index is 1.99. The van der Waals surface area contributed by atoms with E-state index in [0.29, 0.717) is 0 Å². The van der Waals surface area contributed by atoms with Gasteiger partial charge < -0.3 is 18.6 Å². The number of hydrogen-bond donors (Lipinski definition) is 0. The smallest absolute Gasteiger partial charge is 0.497 e. The maximum absolute atomic E-state index is 6.47. The molecule has 1 aromatic heterocycles. The highest BCUT2D eigenvalue weighted by molar-refractivity contribution is 6.65. The number of unbranched alkanes of at least 4 members (excludes halogenated alkanes) is 1. The number of nitrogens with zero attached hydrogens (tertiary/aromatic N) is 1. The summed E-state index contributed by atoms with van der Waals surface area (Å²) in [6.45, 7) is 8.65. The van der Waals surface area contributed by atoms with E-state index in [0.717, 1.165) is 41.4 Å². The molecule has 1 unspecified atom stereocenters. The van der Waals surface area contributed by atoms with Crippen LogP contribution in [0.3, 0.4) is 0 Å². The first-order chi connectivity index (χ1) is 11.3. The molecule has 5 heteroatoms. The van der Waals surface area contributed by atoms with Gasteiger partial charge in [0.15, 0.2) is 0 Å². The minimum absolute atomic E-state index is 0.283. The van der Waals surface area contributed by atoms with Crippen molar-refractivity contribution < 1.29 is 14.0 Å². The maximum Gasteiger partial charge on any atom is 0.497 e.